The molecule has 5 heteroatoms. The maximum atomic E-state index is 11.3. The van der Waals surface area contributed by atoms with Gasteiger partial charge in [0.2, 0.25) is 11.8 Å². The van der Waals surface area contributed by atoms with Crippen molar-refractivity contribution in [3.05, 3.63) is 0 Å². The van der Waals surface area contributed by atoms with Crippen LogP contribution in [0.3, 0.4) is 0 Å². The van der Waals surface area contributed by atoms with Gasteiger partial charge in [-0.05, 0) is 12.8 Å². The molecule has 1 saturated carbocycles. The molecule has 0 heterocycles. The number of hydrogen-bond acceptors (Lipinski definition) is 2. The average Bonchev–Trinajstić information content (AvgIpc) is 2.09. The van der Waals surface area contributed by atoms with Crippen LogP contribution in [-0.2, 0) is 9.59 Å². The first-order valence-electron chi connectivity index (χ1n) is 4.84. The van der Waals surface area contributed by atoms with Crippen LogP contribution < -0.4 is 10.6 Å². The fourth-order valence-corrected chi connectivity index (χ4v) is 1.34. The van der Waals surface area contributed by atoms with E-state index < -0.39 is 0 Å². The number of rotatable bonds is 5. The molecule has 0 aromatic rings. The fourth-order valence-electron chi connectivity index (χ4n) is 1.25. The molecule has 0 saturated heterocycles. The number of carbonyl (C=O) groups is 2. The summed E-state index contributed by atoms with van der Waals surface area (Å²) in [7, 11) is 0. The highest BCUT2D eigenvalue weighted by Crippen LogP contribution is 2.25. The molecule has 0 radical (unpaired) electrons. The van der Waals surface area contributed by atoms with E-state index in [0.29, 0.717) is 13.1 Å². The van der Waals surface area contributed by atoms with Gasteiger partial charge < -0.3 is 10.6 Å². The first kappa shape index (κ1) is 11.3. The van der Waals surface area contributed by atoms with E-state index in [2.05, 4.69) is 10.6 Å². The summed E-state index contributed by atoms with van der Waals surface area (Å²) in [5.74, 6) is 0.0796. The van der Waals surface area contributed by atoms with E-state index in [1.165, 1.54) is 0 Å². The smallest absolute Gasteiger partial charge is 0.234 e. The molecule has 0 aromatic heterocycles. The minimum Gasteiger partial charge on any atom is -0.354 e. The van der Waals surface area contributed by atoms with E-state index in [1.54, 1.807) is 0 Å². The molecule has 0 aliphatic heterocycles. The zero-order valence-electron chi connectivity index (χ0n) is 8.01. The summed E-state index contributed by atoms with van der Waals surface area (Å²) in [5.41, 5.74) is 0. The second-order valence-corrected chi connectivity index (χ2v) is 3.67. The number of alkyl halides is 1. The van der Waals surface area contributed by atoms with Crippen molar-refractivity contribution < 1.29 is 9.59 Å². The summed E-state index contributed by atoms with van der Waals surface area (Å²) < 4.78 is 0. The molecule has 0 atom stereocenters. The monoisotopic (exact) mass is 218 g/mol. The summed E-state index contributed by atoms with van der Waals surface area (Å²) in [6.45, 7) is 0.933. The van der Waals surface area contributed by atoms with Crippen molar-refractivity contribution in [3.63, 3.8) is 0 Å². The predicted octanol–water partition coefficient (Wildman–Crippen LogP) is 0.258. The van der Waals surface area contributed by atoms with Gasteiger partial charge in [-0.25, -0.2) is 0 Å². The van der Waals surface area contributed by atoms with Gasteiger partial charge in [0, 0.05) is 19.0 Å². The molecule has 80 valence electrons. The van der Waals surface area contributed by atoms with Crippen LogP contribution in [0.15, 0.2) is 0 Å². The third kappa shape index (κ3) is 3.54. The minimum absolute atomic E-state index is 0.0312. The van der Waals surface area contributed by atoms with Gasteiger partial charge in [0.15, 0.2) is 0 Å². The molecule has 1 fully saturated rings. The Hall–Kier alpha value is -0.770. The van der Waals surface area contributed by atoms with Gasteiger partial charge in [-0.15, -0.1) is 11.6 Å². The quantitative estimate of drug-likeness (QED) is 0.514. The summed E-state index contributed by atoms with van der Waals surface area (Å²) >= 11 is 5.28. The highest BCUT2D eigenvalue weighted by atomic mass is 35.5. The second kappa shape index (κ2) is 5.86. The molecule has 2 N–H and O–H groups in total. The van der Waals surface area contributed by atoms with Crippen molar-refractivity contribution in [3.8, 4) is 0 Å². The third-order valence-electron chi connectivity index (χ3n) is 2.34. The van der Waals surface area contributed by atoms with Crippen LogP contribution in [0.1, 0.15) is 19.3 Å². The lowest BCUT2D eigenvalue weighted by atomic mass is 9.85. The van der Waals surface area contributed by atoms with E-state index in [9.17, 15) is 9.59 Å². The fraction of sp³-hybridized carbons (Fsp3) is 0.778. The summed E-state index contributed by atoms with van der Waals surface area (Å²) in [6, 6.07) is 0. The van der Waals surface area contributed by atoms with Crippen molar-refractivity contribution in [2.45, 2.75) is 19.3 Å². The van der Waals surface area contributed by atoms with Crippen molar-refractivity contribution >= 4 is 23.4 Å². The maximum Gasteiger partial charge on any atom is 0.234 e. The van der Waals surface area contributed by atoms with Crippen molar-refractivity contribution in [2.75, 3.05) is 19.0 Å². The third-order valence-corrected chi connectivity index (χ3v) is 2.59. The van der Waals surface area contributed by atoms with Gasteiger partial charge >= 0.3 is 0 Å². The Morgan fingerprint density at radius 1 is 1.21 bits per heavy atom. The lowest BCUT2D eigenvalue weighted by molar-refractivity contribution is -0.127. The molecule has 4 nitrogen and oxygen atoms in total. The molecule has 0 aromatic carbocycles. The Morgan fingerprint density at radius 2 is 1.86 bits per heavy atom. The topological polar surface area (TPSA) is 58.2 Å². The Kier molecular flexibility index (Phi) is 4.73. The first-order chi connectivity index (χ1) is 6.74. The SMILES string of the molecule is O=C(CCl)NCCNC(=O)C1CCC1. The number of carbonyl (C=O) groups excluding carboxylic acids is 2. The van der Waals surface area contributed by atoms with E-state index in [-0.39, 0.29) is 23.6 Å². The number of nitrogens with one attached hydrogen (secondary N) is 2. The van der Waals surface area contributed by atoms with Crippen LogP contribution in [0.4, 0.5) is 0 Å². The molecular formula is C9H15ClN2O2. The van der Waals surface area contributed by atoms with Crippen LogP contribution >= 0.6 is 11.6 Å². The van der Waals surface area contributed by atoms with E-state index >= 15 is 0 Å². The van der Waals surface area contributed by atoms with Gasteiger partial charge in [-0.2, -0.15) is 0 Å². The molecule has 0 spiro atoms. The van der Waals surface area contributed by atoms with Crippen LogP contribution in [0.5, 0.6) is 0 Å². The first-order valence-corrected chi connectivity index (χ1v) is 5.38. The zero-order chi connectivity index (χ0) is 10.4. The Balaban J connectivity index is 1.97. The van der Waals surface area contributed by atoms with E-state index in [4.69, 9.17) is 11.6 Å². The van der Waals surface area contributed by atoms with Crippen LogP contribution in [0.25, 0.3) is 0 Å². The molecule has 0 bridgehead atoms. The molecule has 1 aliphatic rings. The number of hydrogen-bond donors (Lipinski definition) is 2. The van der Waals surface area contributed by atoms with Crippen molar-refractivity contribution in [2.24, 2.45) is 5.92 Å². The largest absolute Gasteiger partial charge is 0.354 e. The standard InChI is InChI=1S/C9H15ClN2O2/c10-6-8(13)11-4-5-12-9(14)7-2-1-3-7/h7H,1-6H2,(H,11,13)(H,12,14). The molecule has 1 rings (SSSR count). The lowest BCUT2D eigenvalue weighted by Crippen LogP contribution is -2.39. The predicted molar refractivity (Wildman–Crippen MR) is 54.1 cm³/mol. The van der Waals surface area contributed by atoms with Gasteiger partial charge in [-0.1, -0.05) is 6.42 Å². The van der Waals surface area contributed by atoms with Gasteiger partial charge in [0.1, 0.15) is 5.88 Å². The van der Waals surface area contributed by atoms with Crippen LogP contribution in [0.2, 0.25) is 0 Å². The Bertz CT molecular complexity index is 217. The van der Waals surface area contributed by atoms with Crippen LogP contribution in [0, 0.1) is 5.92 Å². The molecule has 1 aliphatic carbocycles. The Morgan fingerprint density at radius 3 is 2.36 bits per heavy atom. The van der Waals surface area contributed by atoms with Crippen LogP contribution in [-0.4, -0.2) is 30.8 Å². The summed E-state index contributed by atoms with van der Waals surface area (Å²) in [6.07, 6.45) is 3.15. The zero-order valence-corrected chi connectivity index (χ0v) is 8.77. The lowest BCUT2D eigenvalue weighted by Gasteiger charge is -2.23. The number of amides is 2. The maximum absolute atomic E-state index is 11.3. The van der Waals surface area contributed by atoms with E-state index in [1.807, 2.05) is 0 Å². The van der Waals surface area contributed by atoms with Gasteiger partial charge in [0.05, 0.1) is 0 Å². The highest BCUT2D eigenvalue weighted by Gasteiger charge is 2.24. The molecular weight excluding hydrogens is 204 g/mol. The van der Waals surface area contributed by atoms with Gasteiger partial charge in [-0.3, -0.25) is 9.59 Å². The molecule has 2 amide bonds. The molecule has 14 heavy (non-hydrogen) atoms. The highest BCUT2D eigenvalue weighted by molar-refractivity contribution is 6.27. The van der Waals surface area contributed by atoms with Crippen molar-refractivity contribution in [1.82, 2.24) is 10.6 Å². The number of halogens is 1. The molecule has 0 unspecified atom stereocenters. The van der Waals surface area contributed by atoms with E-state index in [0.717, 1.165) is 19.3 Å². The summed E-state index contributed by atoms with van der Waals surface area (Å²) in [4.78, 5) is 22.0. The minimum atomic E-state index is -0.204. The van der Waals surface area contributed by atoms with Gasteiger partial charge in [0.25, 0.3) is 0 Å². The van der Waals surface area contributed by atoms with Crippen molar-refractivity contribution in [1.29, 1.82) is 0 Å². The second-order valence-electron chi connectivity index (χ2n) is 3.40. The summed E-state index contributed by atoms with van der Waals surface area (Å²) in [5, 5.41) is 5.34. The average molecular weight is 219 g/mol. The normalized spacial score (nSPS) is 15.8. The Labute approximate surface area is 88.4 Å².